The van der Waals surface area contributed by atoms with Crippen molar-refractivity contribution >= 4 is 17.8 Å². The largest absolute Gasteiger partial charge is 0.466 e. The van der Waals surface area contributed by atoms with E-state index in [0.717, 1.165) is 51.4 Å². The third kappa shape index (κ3) is 39.8. The van der Waals surface area contributed by atoms with Gasteiger partial charge in [-0.3, -0.25) is 19.3 Å². The molecule has 8 nitrogen and oxygen atoms in total. The highest BCUT2D eigenvalue weighted by Crippen LogP contribution is 2.12. The van der Waals surface area contributed by atoms with Gasteiger partial charge in [-0.05, 0) is 84.1 Å². The monoisotopic (exact) mass is 777 g/mol. The van der Waals surface area contributed by atoms with Crippen molar-refractivity contribution in [3.05, 3.63) is 24.3 Å². The summed E-state index contributed by atoms with van der Waals surface area (Å²) in [5.74, 6) is -0.386. The molecule has 0 heterocycles. The molecule has 0 aromatic heterocycles. The van der Waals surface area contributed by atoms with E-state index in [2.05, 4.69) is 38.2 Å². The maximum absolute atomic E-state index is 13.0. The number of likely N-dealkylation sites (N-methyl/N-ethyl adjacent to an activating group) is 1. The van der Waals surface area contributed by atoms with Crippen LogP contribution >= 0.6 is 0 Å². The number of hydrogen-bond acceptors (Lipinski definition) is 7. The molecule has 0 aliphatic rings. The van der Waals surface area contributed by atoms with E-state index in [9.17, 15) is 19.5 Å². The molecule has 0 rings (SSSR count). The SMILES string of the molecule is CCCCCCCC/C=C\CCCCCCCC(=O)OCCCN(CCCOC(=O)CCCCCCC/C=C\CCCCCCCC)C(=O)CN(C)CCO. The first-order valence-corrected chi connectivity index (χ1v) is 23.1. The van der Waals surface area contributed by atoms with Crippen molar-refractivity contribution in [1.82, 2.24) is 9.80 Å². The molecule has 1 amide bonds. The predicted octanol–water partition coefficient (Wildman–Crippen LogP) is 11.7. The zero-order valence-corrected chi connectivity index (χ0v) is 36.4. The summed E-state index contributed by atoms with van der Waals surface area (Å²) in [5, 5.41) is 9.24. The topological polar surface area (TPSA) is 96.4 Å². The van der Waals surface area contributed by atoms with Crippen LogP contribution in [0.4, 0.5) is 0 Å². The van der Waals surface area contributed by atoms with Crippen LogP contribution in [0.15, 0.2) is 24.3 Å². The van der Waals surface area contributed by atoms with Crippen LogP contribution in [0.5, 0.6) is 0 Å². The molecular formula is C47H88N2O6. The van der Waals surface area contributed by atoms with Gasteiger partial charge in [0.15, 0.2) is 0 Å². The lowest BCUT2D eigenvalue weighted by Gasteiger charge is -2.25. The van der Waals surface area contributed by atoms with Crippen molar-refractivity contribution in [3.63, 3.8) is 0 Å². The summed E-state index contributed by atoms with van der Waals surface area (Å²) < 4.78 is 10.9. The first kappa shape index (κ1) is 52.8. The van der Waals surface area contributed by atoms with Crippen molar-refractivity contribution < 1.29 is 29.0 Å². The highest BCUT2D eigenvalue weighted by Gasteiger charge is 2.16. The molecule has 8 heteroatoms. The summed E-state index contributed by atoms with van der Waals surface area (Å²) in [6.45, 7) is 6.63. The molecule has 0 bridgehead atoms. The Morgan fingerprint density at radius 1 is 0.473 bits per heavy atom. The third-order valence-electron chi connectivity index (χ3n) is 10.2. The average molecular weight is 777 g/mol. The summed E-state index contributed by atoms with van der Waals surface area (Å²) >= 11 is 0. The molecule has 0 fully saturated rings. The fourth-order valence-electron chi connectivity index (χ4n) is 6.65. The van der Waals surface area contributed by atoms with Gasteiger partial charge in [-0.15, -0.1) is 0 Å². The second-order valence-electron chi connectivity index (χ2n) is 15.7. The number of unbranched alkanes of at least 4 members (excludes halogenated alkanes) is 22. The lowest BCUT2D eigenvalue weighted by molar-refractivity contribution is -0.144. The van der Waals surface area contributed by atoms with Gasteiger partial charge in [0.25, 0.3) is 0 Å². The number of hydrogen-bond donors (Lipinski definition) is 1. The summed E-state index contributed by atoms with van der Waals surface area (Å²) in [4.78, 5) is 41.1. The smallest absolute Gasteiger partial charge is 0.305 e. The number of amides is 1. The van der Waals surface area contributed by atoms with E-state index >= 15 is 0 Å². The molecule has 0 aromatic rings. The van der Waals surface area contributed by atoms with Crippen LogP contribution in [0.1, 0.15) is 206 Å². The third-order valence-corrected chi connectivity index (χ3v) is 10.2. The summed E-state index contributed by atoms with van der Waals surface area (Å²) in [6.07, 6.45) is 43.2. The van der Waals surface area contributed by atoms with Crippen LogP contribution < -0.4 is 0 Å². The summed E-state index contributed by atoms with van der Waals surface area (Å²) in [7, 11) is 1.81. The average Bonchev–Trinajstić information content (AvgIpc) is 3.17. The molecule has 0 atom stereocenters. The number of rotatable bonds is 42. The van der Waals surface area contributed by atoms with Crippen LogP contribution in [0.3, 0.4) is 0 Å². The number of aliphatic hydroxyl groups excluding tert-OH is 1. The Bertz CT molecular complexity index is 863. The number of carbonyl (C=O) groups is 3. The van der Waals surface area contributed by atoms with Gasteiger partial charge >= 0.3 is 11.9 Å². The normalized spacial score (nSPS) is 11.7. The van der Waals surface area contributed by atoms with Gasteiger partial charge in [0.1, 0.15) is 0 Å². The first-order valence-electron chi connectivity index (χ1n) is 23.1. The first-order chi connectivity index (χ1) is 26.9. The molecule has 0 saturated heterocycles. The molecule has 0 spiro atoms. The molecule has 322 valence electrons. The molecule has 55 heavy (non-hydrogen) atoms. The van der Waals surface area contributed by atoms with Crippen LogP contribution in [-0.4, -0.2) is 85.8 Å². The minimum Gasteiger partial charge on any atom is -0.466 e. The van der Waals surface area contributed by atoms with E-state index in [1.807, 2.05) is 0 Å². The predicted molar refractivity (Wildman–Crippen MR) is 231 cm³/mol. The van der Waals surface area contributed by atoms with Gasteiger partial charge in [0, 0.05) is 32.5 Å². The number of esters is 2. The molecular weight excluding hydrogens is 689 g/mol. The maximum Gasteiger partial charge on any atom is 0.305 e. The fraction of sp³-hybridized carbons (Fsp3) is 0.851. The van der Waals surface area contributed by atoms with Gasteiger partial charge in [-0.2, -0.15) is 0 Å². The van der Waals surface area contributed by atoms with E-state index in [1.54, 1.807) is 16.8 Å². The Labute approximate surface area is 339 Å². The quantitative estimate of drug-likeness (QED) is 0.0374. The highest BCUT2D eigenvalue weighted by molar-refractivity contribution is 5.78. The Morgan fingerprint density at radius 3 is 1.18 bits per heavy atom. The standard InChI is InChI=1S/C47H88N2O6/c1-4-6-8-10-12-14-16-18-20-22-24-26-28-30-32-36-46(52)54-42-34-38-49(45(51)44-48(3)40-41-50)39-35-43-55-47(53)37-33-31-29-27-25-23-21-19-17-15-13-11-9-7-5-2/h18-21,50H,4-17,22-44H2,1-3H3/b20-18-,21-19-. The van der Waals surface area contributed by atoms with E-state index in [1.165, 1.54) is 116 Å². The second-order valence-corrected chi connectivity index (χ2v) is 15.7. The lowest BCUT2D eigenvalue weighted by atomic mass is 10.1. The second kappa shape index (κ2) is 42.9. The van der Waals surface area contributed by atoms with E-state index < -0.39 is 0 Å². The molecule has 0 aliphatic carbocycles. The maximum atomic E-state index is 13.0. The Balaban J connectivity index is 4.03. The number of ether oxygens (including phenoxy) is 2. The van der Waals surface area contributed by atoms with Crippen molar-refractivity contribution in [2.45, 2.75) is 206 Å². The molecule has 0 radical (unpaired) electrons. The number of allylic oxidation sites excluding steroid dienone is 4. The van der Waals surface area contributed by atoms with Crippen LogP contribution in [-0.2, 0) is 23.9 Å². The fourth-order valence-corrected chi connectivity index (χ4v) is 6.65. The Hall–Kier alpha value is -2.19. The minimum absolute atomic E-state index is 0.0108. The van der Waals surface area contributed by atoms with Crippen molar-refractivity contribution in [1.29, 1.82) is 0 Å². The summed E-state index contributed by atoms with van der Waals surface area (Å²) in [6, 6.07) is 0. The Kier molecular flexibility index (Phi) is 41.2. The lowest BCUT2D eigenvalue weighted by Crippen LogP contribution is -2.41. The summed E-state index contributed by atoms with van der Waals surface area (Å²) in [5.41, 5.74) is 0. The van der Waals surface area contributed by atoms with Crippen LogP contribution in [0, 0.1) is 0 Å². The molecule has 0 unspecified atom stereocenters. The van der Waals surface area contributed by atoms with Gasteiger partial charge in [-0.1, -0.05) is 141 Å². The van der Waals surface area contributed by atoms with E-state index in [-0.39, 0.29) is 44.2 Å². The van der Waals surface area contributed by atoms with Crippen LogP contribution in [0.2, 0.25) is 0 Å². The van der Waals surface area contributed by atoms with Gasteiger partial charge in [0.05, 0.1) is 26.4 Å². The molecule has 1 N–H and O–H groups in total. The zero-order chi connectivity index (χ0) is 40.3. The van der Waals surface area contributed by atoms with Crippen molar-refractivity contribution in [2.75, 3.05) is 53.0 Å². The number of carbonyl (C=O) groups excluding carboxylic acids is 3. The van der Waals surface area contributed by atoms with E-state index in [4.69, 9.17) is 9.47 Å². The minimum atomic E-state index is -0.170. The molecule has 0 aromatic carbocycles. The van der Waals surface area contributed by atoms with Gasteiger partial charge < -0.3 is 19.5 Å². The van der Waals surface area contributed by atoms with Crippen LogP contribution in [0.25, 0.3) is 0 Å². The highest BCUT2D eigenvalue weighted by atomic mass is 16.5. The molecule has 0 saturated carbocycles. The van der Waals surface area contributed by atoms with Gasteiger partial charge in [0.2, 0.25) is 5.91 Å². The number of nitrogens with zero attached hydrogens (tertiary/aromatic N) is 2. The zero-order valence-electron chi connectivity index (χ0n) is 36.4. The van der Waals surface area contributed by atoms with Crippen molar-refractivity contribution in [2.24, 2.45) is 0 Å². The Morgan fingerprint density at radius 2 is 0.818 bits per heavy atom. The number of aliphatic hydroxyl groups is 1. The van der Waals surface area contributed by atoms with Gasteiger partial charge in [-0.25, -0.2) is 0 Å². The van der Waals surface area contributed by atoms with E-state index in [0.29, 0.717) is 45.3 Å². The van der Waals surface area contributed by atoms with Crippen molar-refractivity contribution in [3.8, 4) is 0 Å². The molecule has 0 aliphatic heterocycles.